The van der Waals surface area contributed by atoms with Crippen molar-refractivity contribution in [3.05, 3.63) is 24.3 Å². The molecule has 7 heteroatoms. The van der Waals surface area contributed by atoms with Crippen LogP contribution >= 0.6 is 23.1 Å². The summed E-state index contributed by atoms with van der Waals surface area (Å²) >= 11 is 3.12. The maximum Gasteiger partial charge on any atom is 0.233 e. The molecule has 0 saturated carbocycles. The molecule has 3 rings (SSSR count). The van der Waals surface area contributed by atoms with Crippen molar-refractivity contribution in [1.82, 2.24) is 14.8 Å². The van der Waals surface area contributed by atoms with E-state index in [1.165, 1.54) is 11.8 Å². The number of para-hydroxylation sites is 1. The summed E-state index contributed by atoms with van der Waals surface area (Å²) in [6.07, 6.45) is 0. The van der Waals surface area contributed by atoms with Gasteiger partial charge in [-0.05, 0) is 12.1 Å². The van der Waals surface area contributed by atoms with Crippen LogP contribution in [0.15, 0.2) is 28.6 Å². The average Bonchev–Trinajstić information content (AvgIpc) is 3.01. The SMILES string of the molecule is CC(C)(C)C(=O)N1CCN(C(=O)CSc2nc3ccccc3s2)CC1. The Kier molecular flexibility index (Phi) is 5.34. The molecule has 1 saturated heterocycles. The molecule has 0 spiro atoms. The molecule has 1 aliphatic rings. The lowest BCUT2D eigenvalue weighted by Gasteiger charge is -2.37. The number of aromatic nitrogens is 1. The highest BCUT2D eigenvalue weighted by Gasteiger charge is 2.30. The van der Waals surface area contributed by atoms with E-state index in [0.717, 1.165) is 14.6 Å². The first-order chi connectivity index (χ1) is 11.8. The van der Waals surface area contributed by atoms with Crippen LogP contribution in [-0.2, 0) is 9.59 Å². The van der Waals surface area contributed by atoms with Crippen molar-refractivity contribution < 1.29 is 9.59 Å². The lowest BCUT2D eigenvalue weighted by Crippen LogP contribution is -2.53. The van der Waals surface area contributed by atoms with Crippen molar-refractivity contribution >= 4 is 45.1 Å². The van der Waals surface area contributed by atoms with E-state index >= 15 is 0 Å². The normalized spacial score (nSPS) is 15.6. The van der Waals surface area contributed by atoms with Crippen molar-refractivity contribution in [1.29, 1.82) is 0 Å². The van der Waals surface area contributed by atoms with E-state index < -0.39 is 0 Å². The highest BCUT2D eigenvalue weighted by Crippen LogP contribution is 2.29. The third kappa shape index (κ3) is 4.33. The number of carbonyl (C=O) groups excluding carboxylic acids is 2. The van der Waals surface area contributed by atoms with Gasteiger partial charge in [0.2, 0.25) is 11.8 Å². The van der Waals surface area contributed by atoms with Crippen LogP contribution in [0.1, 0.15) is 20.8 Å². The van der Waals surface area contributed by atoms with Gasteiger partial charge >= 0.3 is 0 Å². The summed E-state index contributed by atoms with van der Waals surface area (Å²) < 4.78 is 2.07. The molecule has 2 aromatic rings. The molecule has 0 radical (unpaired) electrons. The third-order valence-corrected chi connectivity index (χ3v) is 6.32. The molecule has 0 N–H and O–H groups in total. The van der Waals surface area contributed by atoms with Gasteiger partial charge in [-0.25, -0.2) is 4.98 Å². The fourth-order valence-corrected chi connectivity index (χ4v) is 4.73. The Morgan fingerprint density at radius 2 is 1.76 bits per heavy atom. The summed E-state index contributed by atoms with van der Waals surface area (Å²) in [7, 11) is 0. The highest BCUT2D eigenvalue weighted by molar-refractivity contribution is 8.01. The molecule has 0 unspecified atom stereocenters. The van der Waals surface area contributed by atoms with E-state index in [0.29, 0.717) is 31.9 Å². The smallest absolute Gasteiger partial charge is 0.233 e. The second-order valence-electron chi connectivity index (χ2n) is 7.16. The average molecular weight is 378 g/mol. The Morgan fingerprint density at radius 3 is 2.40 bits per heavy atom. The first-order valence-corrected chi connectivity index (χ1v) is 10.2. The van der Waals surface area contributed by atoms with Crippen LogP contribution in [0.5, 0.6) is 0 Å². The predicted octanol–water partition coefficient (Wildman–Crippen LogP) is 3.11. The van der Waals surface area contributed by atoms with Crippen LogP contribution in [0.4, 0.5) is 0 Å². The number of thioether (sulfide) groups is 1. The van der Waals surface area contributed by atoms with E-state index in [1.807, 2.05) is 54.8 Å². The zero-order valence-electron chi connectivity index (χ0n) is 14.8. The van der Waals surface area contributed by atoms with Crippen molar-refractivity contribution in [2.75, 3.05) is 31.9 Å². The second-order valence-corrected chi connectivity index (χ2v) is 9.41. The quantitative estimate of drug-likeness (QED) is 0.772. The summed E-state index contributed by atoms with van der Waals surface area (Å²) in [4.78, 5) is 33.0. The Labute approximate surface area is 156 Å². The molecule has 2 heterocycles. The fourth-order valence-electron chi connectivity index (χ4n) is 2.76. The van der Waals surface area contributed by atoms with Gasteiger partial charge in [0.05, 0.1) is 16.0 Å². The van der Waals surface area contributed by atoms with E-state index in [4.69, 9.17) is 0 Å². The molecule has 0 atom stereocenters. The van der Waals surface area contributed by atoms with Gasteiger partial charge in [0.1, 0.15) is 0 Å². The lowest BCUT2D eigenvalue weighted by atomic mass is 9.94. The number of thiazole rings is 1. The van der Waals surface area contributed by atoms with Crippen molar-refractivity contribution in [2.24, 2.45) is 5.41 Å². The molecule has 1 fully saturated rings. The predicted molar refractivity (Wildman–Crippen MR) is 103 cm³/mol. The summed E-state index contributed by atoms with van der Waals surface area (Å²) in [5.41, 5.74) is 0.617. The minimum Gasteiger partial charge on any atom is -0.339 e. The molecule has 1 aromatic heterocycles. The first-order valence-electron chi connectivity index (χ1n) is 8.40. The van der Waals surface area contributed by atoms with Gasteiger partial charge in [-0.15, -0.1) is 11.3 Å². The number of benzene rings is 1. The topological polar surface area (TPSA) is 53.5 Å². The summed E-state index contributed by atoms with van der Waals surface area (Å²) in [6.45, 7) is 8.26. The van der Waals surface area contributed by atoms with E-state index in [1.54, 1.807) is 11.3 Å². The highest BCUT2D eigenvalue weighted by atomic mass is 32.2. The number of rotatable bonds is 3. The maximum atomic E-state index is 12.4. The van der Waals surface area contributed by atoms with Gasteiger partial charge in [0.25, 0.3) is 0 Å². The molecule has 1 aliphatic heterocycles. The van der Waals surface area contributed by atoms with Crippen molar-refractivity contribution in [3.63, 3.8) is 0 Å². The maximum absolute atomic E-state index is 12.4. The van der Waals surface area contributed by atoms with Crippen LogP contribution in [0.2, 0.25) is 0 Å². The Balaban J connectivity index is 1.50. The molecular formula is C18H23N3O2S2. The molecule has 134 valence electrons. The summed E-state index contributed by atoms with van der Waals surface area (Å²) in [5.74, 6) is 0.670. The van der Waals surface area contributed by atoms with Crippen LogP contribution in [-0.4, -0.2) is 58.5 Å². The number of hydrogen-bond donors (Lipinski definition) is 0. The van der Waals surface area contributed by atoms with Crippen LogP contribution in [0.25, 0.3) is 10.2 Å². The molecule has 0 aliphatic carbocycles. The van der Waals surface area contributed by atoms with Crippen molar-refractivity contribution in [3.8, 4) is 0 Å². The number of carbonyl (C=O) groups is 2. The van der Waals surface area contributed by atoms with Gasteiger partial charge < -0.3 is 9.80 Å². The molecule has 1 aromatic carbocycles. The standard InChI is InChI=1S/C18H23N3O2S2/c1-18(2,3)16(23)21-10-8-20(9-11-21)15(22)12-24-17-19-13-6-4-5-7-14(13)25-17/h4-7H,8-12H2,1-3H3. The molecule has 25 heavy (non-hydrogen) atoms. The van der Waals surface area contributed by atoms with E-state index in [-0.39, 0.29) is 17.2 Å². The van der Waals surface area contributed by atoms with Gasteiger partial charge in [-0.3, -0.25) is 9.59 Å². The summed E-state index contributed by atoms with van der Waals surface area (Å²) in [6, 6.07) is 8.01. The fraction of sp³-hybridized carbons (Fsp3) is 0.500. The monoisotopic (exact) mass is 377 g/mol. The number of hydrogen-bond acceptors (Lipinski definition) is 5. The number of piperazine rings is 1. The summed E-state index contributed by atoms with van der Waals surface area (Å²) in [5, 5.41) is 0. The number of fused-ring (bicyclic) bond motifs is 1. The van der Waals surface area contributed by atoms with Crippen molar-refractivity contribution in [2.45, 2.75) is 25.1 Å². The Bertz CT molecular complexity index is 741. The molecule has 5 nitrogen and oxygen atoms in total. The Morgan fingerprint density at radius 1 is 1.12 bits per heavy atom. The zero-order valence-corrected chi connectivity index (χ0v) is 16.5. The van der Waals surface area contributed by atoms with Gasteiger partial charge in [-0.2, -0.15) is 0 Å². The number of nitrogens with zero attached hydrogens (tertiary/aromatic N) is 3. The molecular weight excluding hydrogens is 354 g/mol. The van der Waals surface area contributed by atoms with E-state index in [9.17, 15) is 9.59 Å². The van der Waals surface area contributed by atoms with Gasteiger partial charge in [-0.1, -0.05) is 44.7 Å². The Hall–Kier alpha value is -1.60. The lowest BCUT2D eigenvalue weighted by molar-refractivity contribution is -0.144. The van der Waals surface area contributed by atoms with Crippen LogP contribution in [0, 0.1) is 5.41 Å². The largest absolute Gasteiger partial charge is 0.339 e. The van der Waals surface area contributed by atoms with Gasteiger partial charge in [0.15, 0.2) is 4.34 Å². The molecule has 2 amide bonds. The van der Waals surface area contributed by atoms with E-state index in [2.05, 4.69) is 4.98 Å². The minimum atomic E-state index is -0.366. The second kappa shape index (κ2) is 7.33. The minimum absolute atomic E-state index is 0.118. The zero-order chi connectivity index (χ0) is 18.0. The van der Waals surface area contributed by atoms with Gasteiger partial charge in [0, 0.05) is 31.6 Å². The van der Waals surface area contributed by atoms with Crippen LogP contribution in [0.3, 0.4) is 0 Å². The number of amides is 2. The van der Waals surface area contributed by atoms with Crippen LogP contribution < -0.4 is 0 Å². The molecule has 0 bridgehead atoms. The first kappa shape index (κ1) is 18.2. The third-order valence-electron chi connectivity index (χ3n) is 4.15.